The number of benzene rings is 2. The number of carbonyl (C=O) groups excluding carboxylic acids is 1. The van der Waals surface area contributed by atoms with Gasteiger partial charge in [-0.2, -0.15) is 0 Å². The molecule has 5 heteroatoms. The third-order valence-corrected chi connectivity index (χ3v) is 4.21. The number of aryl methyl sites for hydroxylation is 3. The van der Waals surface area contributed by atoms with Gasteiger partial charge in [0.1, 0.15) is 0 Å². The molecule has 4 nitrogen and oxygen atoms in total. The average Bonchev–Trinajstić information content (AvgIpc) is 2.52. The third-order valence-electron chi connectivity index (χ3n) is 3.83. The Morgan fingerprint density at radius 1 is 1.12 bits per heavy atom. The first-order valence-electron chi connectivity index (χ1n) is 7.74. The highest BCUT2D eigenvalue weighted by atomic mass is 31.1. The predicted octanol–water partition coefficient (Wildman–Crippen LogP) is 4.93. The fourth-order valence-electron chi connectivity index (χ4n) is 2.84. The summed E-state index contributed by atoms with van der Waals surface area (Å²) >= 11 is 0. The van der Waals surface area contributed by atoms with Crippen LogP contribution in [-0.4, -0.2) is 12.1 Å². The molecule has 0 saturated heterocycles. The Kier molecular flexibility index (Phi) is 6.38. The molecule has 2 aromatic rings. The van der Waals surface area contributed by atoms with Gasteiger partial charge in [-0.05, 0) is 44.4 Å². The zero-order valence-corrected chi connectivity index (χ0v) is 15.2. The van der Waals surface area contributed by atoms with Gasteiger partial charge in [-0.3, -0.25) is 9.32 Å². The molecule has 0 spiro atoms. The number of rotatable bonds is 7. The Labute approximate surface area is 144 Å². The van der Waals surface area contributed by atoms with E-state index in [9.17, 15) is 9.36 Å². The van der Waals surface area contributed by atoms with Gasteiger partial charge in [0.2, 0.25) is 0 Å². The van der Waals surface area contributed by atoms with Crippen LogP contribution in [0.25, 0.3) is 0 Å². The Bertz CT molecular complexity index is 732. The van der Waals surface area contributed by atoms with E-state index in [0.717, 1.165) is 27.8 Å². The van der Waals surface area contributed by atoms with Crippen LogP contribution in [0.4, 0.5) is 0 Å². The van der Waals surface area contributed by atoms with Gasteiger partial charge in [-0.1, -0.05) is 42.0 Å². The second kappa shape index (κ2) is 8.29. The monoisotopic (exact) mass is 344 g/mol. The first-order valence-corrected chi connectivity index (χ1v) is 8.47. The lowest BCUT2D eigenvalue weighted by atomic mass is 9.91. The lowest BCUT2D eigenvalue weighted by molar-refractivity contribution is -0.0693. The lowest BCUT2D eigenvalue weighted by Crippen LogP contribution is -2.13. The van der Waals surface area contributed by atoms with Crippen LogP contribution >= 0.6 is 8.69 Å². The van der Waals surface area contributed by atoms with Gasteiger partial charge >= 0.3 is 8.69 Å². The molecule has 0 N–H and O–H groups in total. The van der Waals surface area contributed by atoms with Gasteiger partial charge < -0.3 is 4.74 Å². The minimum Gasteiger partial charge on any atom is -0.347 e. The van der Waals surface area contributed by atoms with E-state index in [1.54, 1.807) is 13.0 Å². The summed E-state index contributed by atoms with van der Waals surface area (Å²) in [6.07, 6.45) is -0.616. The second-order valence-corrected chi connectivity index (χ2v) is 6.18. The lowest BCUT2D eigenvalue weighted by Gasteiger charge is -2.15. The Balaban J connectivity index is 2.32. The van der Waals surface area contributed by atoms with E-state index in [0.29, 0.717) is 5.56 Å². The summed E-state index contributed by atoms with van der Waals surface area (Å²) in [6.45, 7) is 7.80. The average molecular weight is 344 g/mol. The molecule has 1 unspecified atom stereocenters. The molecular weight excluding hydrogens is 323 g/mol. The summed E-state index contributed by atoms with van der Waals surface area (Å²) in [7, 11) is -0.428. The van der Waals surface area contributed by atoms with Gasteiger partial charge in [0, 0.05) is 11.1 Å². The Morgan fingerprint density at radius 2 is 1.75 bits per heavy atom. The molecule has 2 aromatic carbocycles. The number of ketones is 1. The van der Waals surface area contributed by atoms with Crippen molar-refractivity contribution in [2.45, 2.75) is 40.6 Å². The molecule has 0 aliphatic heterocycles. The molecule has 24 heavy (non-hydrogen) atoms. The van der Waals surface area contributed by atoms with Crippen LogP contribution in [0, 0.1) is 20.8 Å². The van der Waals surface area contributed by atoms with E-state index in [1.165, 1.54) is 0 Å². The van der Waals surface area contributed by atoms with Crippen LogP contribution in [0.15, 0.2) is 36.4 Å². The fraction of sp³-hybridized carbons (Fsp3) is 0.316. The molecule has 0 radical (unpaired) electrons. The molecule has 1 atom stereocenters. The molecule has 0 heterocycles. The number of carbonyl (C=O) groups is 1. The number of ether oxygens (including phenoxy) is 1. The van der Waals surface area contributed by atoms with Crippen molar-refractivity contribution in [2.75, 3.05) is 0 Å². The fourth-order valence-corrected chi connectivity index (χ4v) is 3.02. The molecule has 0 aromatic heterocycles. The molecule has 0 bridgehead atoms. The van der Waals surface area contributed by atoms with Crippen molar-refractivity contribution in [1.29, 1.82) is 0 Å². The van der Waals surface area contributed by atoms with Crippen LogP contribution in [0.1, 0.15) is 45.1 Å². The highest BCUT2D eigenvalue weighted by molar-refractivity contribution is 7.17. The van der Waals surface area contributed by atoms with Gasteiger partial charge in [-0.25, -0.2) is 4.57 Å². The molecule has 0 fully saturated rings. The van der Waals surface area contributed by atoms with Crippen LogP contribution < -0.4 is 0 Å². The van der Waals surface area contributed by atoms with Crippen molar-refractivity contribution in [3.63, 3.8) is 0 Å². The maximum Gasteiger partial charge on any atom is 0.329 e. The zero-order chi connectivity index (χ0) is 17.7. The van der Waals surface area contributed by atoms with E-state index in [1.807, 2.05) is 51.1 Å². The van der Waals surface area contributed by atoms with Crippen LogP contribution in [-0.2, 0) is 20.4 Å². The third kappa shape index (κ3) is 4.35. The molecule has 126 valence electrons. The van der Waals surface area contributed by atoms with E-state index < -0.39 is 15.0 Å². The molecule has 0 aliphatic carbocycles. The topological polar surface area (TPSA) is 52.6 Å². The molecular formula is C19H21O4P. The number of hydrogen-bond donors (Lipinski definition) is 0. The summed E-state index contributed by atoms with van der Waals surface area (Å²) in [5, 5.41) is 0. The smallest absolute Gasteiger partial charge is 0.329 e. The van der Waals surface area contributed by atoms with Crippen LogP contribution in [0.3, 0.4) is 0 Å². The van der Waals surface area contributed by atoms with E-state index in [2.05, 4.69) is 0 Å². The normalized spacial score (nSPS) is 12.3. The summed E-state index contributed by atoms with van der Waals surface area (Å²) in [5.74, 6) is -0.0141. The molecule has 2 rings (SSSR count). The van der Waals surface area contributed by atoms with E-state index in [4.69, 9.17) is 9.26 Å². The van der Waals surface area contributed by atoms with Gasteiger partial charge in [0.15, 0.2) is 12.1 Å². The first kappa shape index (κ1) is 18.5. The quantitative estimate of drug-likeness (QED) is 0.406. The second-order valence-electron chi connectivity index (χ2n) is 5.82. The van der Waals surface area contributed by atoms with Crippen molar-refractivity contribution in [1.82, 2.24) is 0 Å². The SMILES string of the molecule is Cc1cc(C)c(C(=O)c2ccccc2COC(C)OP=O)c(C)c1. The maximum atomic E-state index is 13.1. The van der Waals surface area contributed by atoms with Crippen LogP contribution in [0.2, 0.25) is 0 Å². The van der Waals surface area contributed by atoms with Crippen molar-refractivity contribution in [3.8, 4) is 0 Å². The van der Waals surface area contributed by atoms with Gasteiger partial charge in [0.05, 0.1) is 6.61 Å². The van der Waals surface area contributed by atoms with Crippen molar-refractivity contribution in [3.05, 3.63) is 69.8 Å². The van der Waals surface area contributed by atoms with E-state index >= 15 is 0 Å². The maximum absolute atomic E-state index is 13.1. The summed E-state index contributed by atoms with van der Waals surface area (Å²) < 4.78 is 20.7. The van der Waals surface area contributed by atoms with E-state index in [-0.39, 0.29) is 12.4 Å². The summed E-state index contributed by atoms with van der Waals surface area (Å²) in [6, 6.07) is 11.4. The minimum atomic E-state index is -0.616. The molecule has 0 saturated carbocycles. The van der Waals surface area contributed by atoms with Gasteiger partial charge in [0.25, 0.3) is 0 Å². The number of hydrogen-bond acceptors (Lipinski definition) is 4. The Hall–Kier alpha value is -1.87. The highest BCUT2D eigenvalue weighted by Crippen LogP contribution is 2.23. The minimum absolute atomic E-state index is 0.0141. The molecule has 0 aliphatic rings. The highest BCUT2D eigenvalue weighted by Gasteiger charge is 2.18. The zero-order valence-electron chi connectivity index (χ0n) is 14.3. The van der Waals surface area contributed by atoms with Crippen LogP contribution in [0.5, 0.6) is 0 Å². The largest absolute Gasteiger partial charge is 0.347 e. The van der Waals surface area contributed by atoms with Crippen molar-refractivity contribution >= 4 is 14.5 Å². The summed E-state index contributed by atoms with van der Waals surface area (Å²) in [5.41, 5.74) is 5.20. The summed E-state index contributed by atoms with van der Waals surface area (Å²) in [4.78, 5) is 13.1. The standard InChI is InChI=1S/C19H21O4P/c1-12-9-13(2)18(14(3)10-12)19(20)17-8-6-5-7-16(17)11-22-15(4)23-24-21/h5-10,15H,11H2,1-4H3. The first-order chi connectivity index (χ1) is 11.4. The van der Waals surface area contributed by atoms with Crippen molar-refractivity contribution in [2.24, 2.45) is 0 Å². The predicted molar refractivity (Wildman–Crippen MR) is 93.5 cm³/mol. The van der Waals surface area contributed by atoms with Crippen molar-refractivity contribution < 1.29 is 18.6 Å². The molecule has 0 amide bonds. The van der Waals surface area contributed by atoms with Gasteiger partial charge in [-0.15, -0.1) is 0 Å². The Morgan fingerprint density at radius 3 is 2.38 bits per heavy atom.